The molecule has 7 aliphatic heterocycles. The lowest BCUT2D eigenvalue weighted by molar-refractivity contribution is -0.135. The number of halogens is 2. The lowest BCUT2D eigenvalue weighted by Crippen LogP contribution is -2.57. The number of hydrogen-bond acceptors (Lipinski definition) is 15. The molecule has 4 amide bonds. The standard InChI is InChI=1S/C65H75F2N11O9/c1-6-46-49(66)17-14-40-10-7-12-47(53(40)46)55-54(67)56-48(32-68-55)58(75-34-42-15-16-43(35-75)77(42)63(83)87-64(2,3)4)71-60(70-56)86-38-65-25-9-27-76(65)44(20-26-65)37-85-62(82)74-30-23-45(24-31-74)84-36-39-21-28-73(29-22-39)33-41-11-8-13-50-57(41)72(5)61(81)78(50)51-18-19-52(79)69-59(51)80/h1,7-8,10-14,17,32,39,42-45,51H,9,15-16,18-31,33-38H2,2-5H3,(H,69,79,80)/t42?,43?,44-,51?,65-/m0/s1. The molecule has 3 aromatic heterocycles. The predicted octanol–water partition coefficient (Wildman–Crippen LogP) is 8.23. The fraction of sp³-hybridized carbons (Fsp3) is 0.538. The molecule has 0 saturated carbocycles. The number of benzene rings is 3. The minimum atomic E-state index is -0.729. The zero-order valence-electron chi connectivity index (χ0n) is 49.9. The number of likely N-dealkylation sites (tertiary alicyclic amines) is 2. The van der Waals surface area contributed by atoms with Gasteiger partial charge in [0.25, 0.3) is 0 Å². The number of carbonyl (C=O) groups is 4. The molecule has 458 valence electrons. The third kappa shape index (κ3) is 11.1. The van der Waals surface area contributed by atoms with Gasteiger partial charge in [0.05, 0.1) is 45.7 Å². The van der Waals surface area contributed by atoms with Crippen molar-refractivity contribution in [3.63, 3.8) is 0 Å². The van der Waals surface area contributed by atoms with Crippen LogP contribution in [0.5, 0.6) is 6.01 Å². The largest absolute Gasteiger partial charge is 0.461 e. The van der Waals surface area contributed by atoms with Crippen molar-refractivity contribution in [2.45, 2.75) is 146 Å². The average molecular weight is 1190 g/mol. The molecule has 22 heteroatoms. The van der Waals surface area contributed by atoms with Crippen LogP contribution in [0, 0.1) is 29.9 Å². The van der Waals surface area contributed by atoms with Crippen LogP contribution in [0.25, 0.3) is 44.0 Å². The molecular weight excluding hydrogens is 1120 g/mol. The number of hydrogen-bond donors (Lipinski definition) is 1. The van der Waals surface area contributed by atoms with Gasteiger partial charge in [-0.2, -0.15) is 9.97 Å². The Labute approximate surface area is 503 Å². The summed E-state index contributed by atoms with van der Waals surface area (Å²) in [5.74, 6) is 1.22. The molecule has 0 aliphatic carbocycles. The Morgan fingerprint density at radius 3 is 2.38 bits per heavy atom. The number of fused-ring (bicyclic) bond motifs is 6. The fourth-order valence-electron chi connectivity index (χ4n) is 15.0. The van der Waals surface area contributed by atoms with Crippen molar-refractivity contribution in [2.75, 3.05) is 70.5 Å². The first kappa shape index (κ1) is 58.3. The second kappa shape index (κ2) is 23.4. The number of nitrogens with zero attached hydrogens (tertiary/aromatic N) is 10. The van der Waals surface area contributed by atoms with E-state index in [2.05, 4.69) is 30.9 Å². The summed E-state index contributed by atoms with van der Waals surface area (Å²) in [6, 6.07) is 12.9. The lowest BCUT2D eigenvalue weighted by atomic mass is 9.95. The van der Waals surface area contributed by atoms with E-state index in [0.29, 0.717) is 84.7 Å². The smallest absolute Gasteiger partial charge is 0.410 e. The molecule has 0 radical (unpaired) electrons. The third-order valence-electron chi connectivity index (χ3n) is 19.4. The van der Waals surface area contributed by atoms with Crippen LogP contribution in [0.2, 0.25) is 0 Å². The van der Waals surface area contributed by atoms with Crippen LogP contribution in [0.3, 0.4) is 0 Å². The number of rotatable bonds is 13. The zero-order chi connectivity index (χ0) is 60.5. The first-order valence-corrected chi connectivity index (χ1v) is 30.9. The predicted molar refractivity (Wildman–Crippen MR) is 321 cm³/mol. The van der Waals surface area contributed by atoms with Crippen molar-refractivity contribution >= 4 is 62.5 Å². The van der Waals surface area contributed by atoms with Crippen molar-refractivity contribution in [3.05, 3.63) is 88.0 Å². The minimum absolute atomic E-state index is 0.00293. The number of carbonyl (C=O) groups excluding carboxylic acids is 4. The Hall–Kier alpha value is -7.74. The maximum Gasteiger partial charge on any atom is 0.410 e. The van der Waals surface area contributed by atoms with E-state index in [-0.39, 0.29) is 96.0 Å². The van der Waals surface area contributed by atoms with Crippen molar-refractivity contribution in [1.82, 2.24) is 49.0 Å². The summed E-state index contributed by atoms with van der Waals surface area (Å²) in [7, 11) is 1.74. The summed E-state index contributed by atoms with van der Waals surface area (Å²) in [5, 5.41) is 3.76. The number of amides is 4. The molecule has 7 fully saturated rings. The zero-order valence-corrected chi connectivity index (χ0v) is 49.9. The summed E-state index contributed by atoms with van der Waals surface area (Å²) in [5.41, 5.74) is 1.49. The fourth-order valence-corrected chi connectivity index (χ4v) is 15.0. The Kier molecular flexibility index (Phi) is 15.7. The molecule has 20 nitrogen and oxygen atoms in total. The number of aryl methyl sites for hydroxylation is 1. The van der Waals surface area contributed by atoms with E-state index in [1.165, 1.54) is 10.6 Å². The molecular formula is C65H75F2N11O9. The molecule has 1 N–H and O–H groups in total. The number of aromatic nitrogens is 5. The number of nitrogens with one attached hydrogen (secondary N) is 1. The number of piperazine rings is 1. The van der Waals surface area contributed by atoms with Crippen molar-refractivity contribution < 1.29 is 46.9 Å². The first-order chi connectivity index (χ1) is 41.9. The molecule has 5 atom stereocenters. The Bertz CT molecular complexity index is 3790. The van der Waals surface area contributed by atoms with Crippen LogP contribution in [-0.2, 0) is 37.4 Å². The Morgan fingerprint density at radius 2 is 1.63 bits per heavy atom. The van der Waals surface area contributed by atoms with Crippen molar-refractivity contribution in [2.24, 2.45) is 13.0 Å². The summed E-state index contributed by atoms with van der Waals surface area (Å²) < 4.78 is 60.9. The summed E-state index contributed by atoms with van der Waals surface area (Å²) >= 11 is 0. The van der Waals surface area contributed by atoms with E-state index >= 15 is 8.78 Å². The highest BCUT2D eigenvalue weighted by molar-refractivity contribution is 6.02. The highest BCUT2D eigenvalue weighted by Gasteiger charge is 2.51. The Balaban J connectivity index is 0.624. The minimum Gasteiger partial charge on any atom is -0.461 e. The first-order valence-electron chi connectivity index (χ1n) is 30.9. The second-order valence-corrected chi connectivity index (χ2v) is 25.9. The summed E-state index contributed by atoms with van der Waals surface area (Å²) in [4.78, 5) is 90.2. The number of terminal acetylenes is 1. The van der Waals surface area contributed by atoms with Gasteiger partial charge >= 0.3 is 23.9 Å². The van der Waals surface area contributed by atoms with E-state index in [9.17, 15) is 24.0 Å². The maximum atomic E-state index is 17.5. The van der Waals surface area contributed by atoms with E-state index in [1.54, 1.807) is 47.0 Å². The van der Waals surface area contributed by atoms with Gasteiger partial charge in [0.2, 0.25) is 11.8 Å². The molecule has 10 heterocycles. The van der Waals surface area contributed by atoms with Gasteiger partial charge in [-0.3, -0.25) is 43.7 Å². The van der Waals surface area contributed by atoms with Gasteiger partial charge < -0.3 is 28.7 Å². The van der Waals surface area contributed by atoms with E-state index in [0.717, 1.165) is 94.9 Å². The lowest BCUT2D eigenvalue weighted by Gasteiger charge is -2.42. The highest BCUT2D eigenvalue weighted by Crippen LogP contribution is 2.44. The Morgan fingerprint density at radius 1 is 0.862 bits per heavy atom. The molecule has 7 aliphatic rings. The van der Waals surface area contributed by atoms with Gasteiger partial charge in [-0.15, -0.1) is 6.42 Å². The molecule has 13 rings (SSSR count). The van der Waals surface area contributed by atoms with Gasteiger partial charge in [-0.1, -0.05) is 42.3 Å². The number of imide groups is 1. The highest BCUT2D eigenvalue weighted by atomic mass is 19.1. The van der Waals surface area contributed by atoms with E-state index in [4.69, 9.17) is 35.3 Å². The quantitative estimate of drug-likeness (QED) is 0.0856. The second-order valence-electron chi connectivity index (χ2n) is 25.9. The monoisotopic (exact) mass is 1190 g/mol. The number of imidazole rings is 1. The third-order valence-corrected chi connectivity index (χ3v) is 19.4. The van der Waals surface area contributed by atoms with Crippen LogP contribution in [0.4, 0.5) is 24.2 Å². The molecule has 6 aromatic rings. The van der Waals surface area contributed by atoms with Gasteiger partial charge in [0, 0.05) is 76.0 Å². The SMILES string of the molecule is C#Cc1c(F)ccc2cccc(-c3ncc4c(N5CC6CCC(C5)N6C(=O)OC(C)(C)C)nc(OC[C@@]56CCCN5[C@H](COC(=O)N5CCC(OCC7CCN(Cc8cccc9c8n(C)c(=O)n9C8CCC(=O)NC8=O)CC7)CC5)CC6)nc4c3F)c12. The topological polar surface area (TPSA) is 199 Å². The number of pyridine rings is 1. The number of para-hydroxylation sites is 1. The van der Waals surface area contributed by atoms with E-state index in [1.807, 2.05) is 43.9 Å². The van der Waals surface area contributed by atoms with Crippen LogP contribution >= 0.6 is 0 Å². The van der Waals surface area contributed by atoms with Gasteiger partial charge in [-0.05, 0) is 140 Å². The van der Waals surface area contributed by atoms with Crippen LogP contribution in [0.1, 0.15) is 115 Å². The summed E-state index contributed by atoms with van der Waals surface area (Å²) in [6.45, 7) is 11.9. The molecule has 3 aromatic carbocycles. The van der Waals surface area contributed by atoms with Crippen molar-refractivity contribution in [3.8, 4) is 29.6 Å². The van der Waals surface area contributed by atoms with Gasteiger partial charge in [-0.25, -0.2) is 23.2 Å². The molecule has 3 unspecified atom stereocenters. The average Bonchev–Trinajstić information content (AvgIpc) is 1.83. The number of anilines is 1. The molecule has 7 saturated heterocycles. The number of piperidine rings is 3. The van der Waals surface area contributed by atoms with Crippen LogP contribution in [-0.4, -0.2) is 169 Å². The number of ether oxygens (including phenoxy) is 4. The van der Waals surface area contributed by atoms with Gasteiger partial charge in [0.15, 0.2) is 5.82 Å². The summed E-state index contributed by atoms with van der Waals surface area (Å²) in [6.07, 6.45) is 15.6. The van der Waals surface area contributed by atoms with Gasteiger partial charge in [0.1, 0.15) is 47.7 Å². The van der Waals surface area contributed by atoms with E-state index < -0.39 is 29.2 Å². The van der Waals surface area contributed by atoms with Crippen LogP contribution < -0.4 is 20.6 Å². The van der Waals surface area contributed by atoms with Crippen LogP contribution in [0.15, 0.2) is 59.5 Å². The maximum absolute atomic E-state index is 17.5. The molecule has 87 heavy (non-hydrogen) atoms. The molecule has 0 spiro atoms. The van der Waals surface area contributed by atoms with Crippen molar-refractivity contribution in [1.29, 1.82) is 0 Å². The molecule has 2 bridgehead atoms. The normalized spacial score (nSPS) is 24.1.